The molecule has 17 heavy (non-hydrogen) atoms. The third-order valence-electron chi connectivity index (χ3n) is 3.46. The van der Waals surface area contributed by atoms with Gasteiger partial charge in [-0.1, -0.05) is 13.0 Å². The van der Waals surface area contributed by atoms with Crippen LogP contribution < -0.4 is 4.74 Å². The summed E-state index contributed by atoms with van der Waals surface area (Å²) in [7, 11) is 0. The summed E-state index contributed by atoms with van der Waals surface area (Å²) in [6, 6.07) is 4.03. The van der Waals surface area contributed by atoms with Gasteiger partial charge in [-0.15, -0.1) is 0 Å². The van der Waals surface area contributed by atoms with Gasteiger partial charge in [0.15, 0.2) is 0 Å². The van der Waals surface area contributed by atoms with Crippen molar-refractivity contribution in [2.75, 3.05) is 6.61 Å². The lowest BCUT2D eigenvalue weighted by Crippen LogP contribution is -2.09. The fourth-order valence-corrected chi connectivity index (χ4v) is 2.65. The highest BCUT2D eigenvalue weighted by Gasteiger charge is 2.24. The lowest BCUT2D eigenvalue weighted by Gasteiger charge is -2.19. The van der Waals surface area contributed by atoms with E-state index >= 15 is 0 Å². The second-order valence-corrected chi connectivity index (χ2v) is 4.57. The maximum absolute atomic E-state index is 10.9. The minimum atomic E-state index is -0.729. The first-order valence-electron chi connectivity index (χ1n) is 6.10. The van der Waals surface area contributed by atoms with Crippen molar-refractivity contribution in [2.45, 2.75) is 39.0 Å². The first kappa shape index (κ1) is 12.0. The molecular formula is C14H18O3. The summed E-state index contributed by atoms with van der Waals surface area (Å²) < 4.78 is 5.55. The highest BCUT2D eigenvalue weighted by Crippen LogP contribution is 2.37. The molecule has 0 saturated carbocycles. The van der Waals surface area contributed by atoms with Crippen molar-refractivity contribution < 1.29 is 14.6 Å². The summed E-state index contributed by atoms with van der Waals surface area (Å²) in [4.78, 5) is 10.9. The second-order valence-electron chi connectivity index (χ2n) is 4.57. The van der Waals surface area contributed by atoms with Gasteiger partial charge >= 0.3 is 5.97 Å². The Balaban J connectivity index is 2.42. The summed E-state index contributed by atoms with van der Waals surface area (Å²) in [5.74, 6) is 0.311. The minimum absolute atomic E-state index is 0.101. The van der Waals surface area contributed by atoms with Crippen LogP contribution in [0.5, 0.6) is 5.75 Å². The van der Waals surface area contributed by atoms with Gasteiger partial charge in [0.25, 0.3) is 0 Å². The van der Waals surface area contributed by atoms with E-state index in [4.69, 9.17) is 9.84 Å². The zero-order valence-corrected chi connectivity index (χ0v) is 10.3. The Bertz CT molecular complexity index is 437. The Morgan fingerprint density at radius 3 is 2.94 bits per heavy atom. The van der Waals surface area contributed by atoms with Crippen LogP contribution in [0.1, 0.15) is 42.4 Å². The van der Waals surface area contributed by atoms with Gasteiger partial charge < -0.3 is 9.84 Å². The van der Waals surface area contributed by atoms with Gasteiger partial charge in [-0.05, 0) is 36.5 Å². The van der Waals surface area contributed by atoms with Crippen molar-refractivity contribution in [3.63, 3.8) is 0 Å². The first-order valence-corrected chi connectivity index (χ1v) is 6.10. The number of rotatable bonds is 4. The standard InChI is InChI=1S/C14H18O3/c1-3-10(8-13(15)16)14-9(2)4-5-12-11(14)6-7-17-12/h4-5,10H,3,6-8H2,1-2H3,(H,15,16)/t10-/m0/s1. The zero-order chi connectivity index (χ0) is 12.4. The number of carbonyl (C=O) groups is 1. The quantitative estimate of drug-likeness (QED) is 0.871. The number of carboxylic acid groups (broad SMARTS) is 1. The molecule has 2 rings (SSSR count). The number of fused-ring (bicyclic) bond motifs is 1. The fraction of sp³-hybridized carbons (Fsp3) is 0.500. The summed E-state index contributed by atoms with van der Waals surface area (Å²) in [6.45, 7) is 4.82. The molecule has 0 unspecified atom stereocenters. The molecule has 0 aliphatic carbocycles. The molecule has 0 aromatic heterocycles. The van der Waals surface area contributed by atoms with Crippen LogP contribution in [0.4, 0.5) is 0 Å². The average molecular weight is 234 g/mol. The molecule has 92 valence electrons. The van der Waals surface area contributed by atoms with E-state index in [1.807, 2.05) is 19.1 Å². The van der Waals surface area contributed by atoms with Crippen LogP contribution in [-0.2, 0) is 11.2 Å². The topological polar surface area (TPSA) is 46.5 Å². The van der Waals surface area contributed by atoms with Crippen molar-refractivity contribution in [3.8, 4) is 5.75 Å². The first-order chi connectivity index (χ1) is 8.13. The Kier molecular flexibility index (Phi) is 3.36. The monoisotopic (exact) mass is 234 g/mol. The van der Waals surface area contributed by atoms with E-state index in [0.29, 0.717) is 0 Å². The van der Waals surface area contributed by atoms with Gasteiger partial charge in [0, 0.05) is 12.0 Å². The van der Waals surface area contributed by atoms with Crippen molar-refractivity contribution in [2.24, 2.45) is 0 Å². The molecule has 0 amide bonds. The highest BCUT2D eigenvalue weighted by molar-refractivity contribution is 5.68. The largest absolute Gasteiger partial charge is 0.493 e. The summed E-state index contributed by atoms with van der Waals surface area (Å²) in [5, 5.41) is 8.98. The Morgan fingerprint density at radius 1 is 1.53 bits per heavy atom. The van der Waals surface area contributed by atoms with E-state index in [1.54, 1.807) is 0 Å². The average Bonchev–Trinajstić information content (AvgIpc) is 2.74. The number of hydrogen-bond donors (Lipinski definition) is 1. The molecule has 1 aromatic rings. The molecular weight excluding hydrogens is 216 g/mol. The van der Waals surface area contributed by atoms with Crippen molar-refractivity contribution >= 4 is 5.97 Å². The van der Waals surface area contributed by atoms with Gasteiger partial charge in [0.1, 0.15) is 5.75 Å². The zero-order valence-electron chi connectivity index (χ0n) is 10.3. The van der Waals surface area contributed by atoms with Crippen molar-refractivity contribution in [1.82, 2.24) is 0 Å². The molecule has 1 heterocycles. The number of aryl methyl sites for hydroxylation is 1. The number of benzene rings is 1. The molecule has 0 saturated heterocycles. The number of hydrogen-bond acceptors (Lipinski definition) is 2. The maximum atomic E-state index is 10.9. The van der Waals surface area contributed by atoms with Crippen molar-refractivity contribution in [1.29, 1.82) is 0 Å². The van der Waals surface area contributed by atoms with Crippen LogP contribution in [0.2, 0.25) is 0 Å². The van der Waals surface area contributed by atoms with Crippen LogP contribution in [0.25, 0.3) is 0 Å². The molecule has 1 aliphatic rings. The Morgan fingerprint density at radius 2 is 2.29 bits per heavy atom. The van der Waals surface area contributed by atoms with Gasteiger partial charge in [-0.2, -0.15) is 0 Å². The number of aliphatic carboxylic acids is 1. The molecule has 1 aliphatic heterocycles. The molecule has 0 bridgehead atoms. The van der Waals surface area contributed by atoms with Crippen LogP contribution in [0.15, 0.2) is 12.1 Å². The smallest absolute Gasteiger partial charge is 0.303 e. The van der Waals surface area contributed by atoms with Gasteiger partial charge in [-0.3, -0.25) is 4.79 Å². The van der Waals surface area contributed by atoms with E-state index in [2.05, 4.69) is 6.92 Å². The molecule has 3 heteroatoms. The predicted octanol–water partition coefficient (Wildman–Crippen LogP) is 2.90. The normalized spacial score (nSPS) is 15.2. The van der Waals surface area contributed by atoms with Gasteiger partial charge in [-0.25, -0.2) is 0 Å². The Hall–Kier alpha value is -1.51. The van der Waals surface area contributed by atoms with Crippen LogP contribution in [0.3, 0.4) is 0 Å². The molecule has 0 fully saturated rings. The molecule has 1 N–H and O–H groups in total. The lowest BCUT2D eigenvalue weighted by molar-refractivity contribution is -0.137. The molecule has 0 radical (unpaired) electrons. The highest BCUT2D eigenvalue weighted by atomic mass is 16.5. The van der Waals surface area contributed by atoms with Crippen LogP contribution in [0, 0.1) is 6.92 Å². The fourth-order valence-electron chi connectivity index (χ4n) is 2.65. The van der Waals surface area contributed by atoms with Crippen LogP contribution in [-0.4, -0.2) is 17.7 Å². The molecule has 1 aromatic carbocycles. The summed E-state index contributed by atoms with van der Waals surface area (Å²) in [6.07, 6.45) is 1.96. The Labute approximate surface area is 101 Å². The number of ether oxygens (including phenoxy) is 1. The minimum Gasteiger partial charge on any atom is -0.493 e. The summed E-state index contributed by atoms with van der Waals surface area (Å²) >= 11 is 0. The number of carboxylic acids is 1. The molecule has 3 nitrogen and oxygen atoms in total. The molecule has 0 spiro atoms. The van der Waals surface area contributed by atoms with E-state index in [9.17, 15) is 4.79 Å². The van der Waals surface area contributed by atoms with E-state index < -0.39 is 5.97 Å². The maximum Gasteiger partial charge on any atom is 0.303 e. The van der Waals surface area contributed by atoms with Crippen LogP contribution >= 0.6 is 0 Å². The predicted molar refractivity (Wildman–Crippen MR) is 65.7 cm³/mol. The third kappa shape index (κ3) is 2.28. The van der Waals surface area contributed by atoms with Gasteiger partial charge in [0.2, 0.25) is 0 Å². The third-order valence-corrected chi connectivity index (χ3v) is 3.46. The second kappa shape index (κ2) is 4.78. The van der Waals surface area contributed by atoms with Crippen molar-refractivity contribution in [3.05, 3.63) is 28.8 Å². The van der Waals surface area contributed by atoms with Gasteiger partial charge in [0.05, 0.1) is 13.0 Å². The van der Waals surface area contributed by atoms with E-state index in [-0.39, 0.29) is 12.3 Å². The molecule has 1 atom stereocenters. The summed E-state index contributed by atoms with van der Waals surface area (Å²) in [5.41, 5.74) is 3.60. The van der Waals surface area contributed by atoms with E-state index in [0.717, 1.165) is 25.2 Å². The lowest BCUT2D eigenvalue weighted by atomic mass is 9.85. The SMILES string of the molecule is CC[C@@H](CC(=O)O)c1c(C)ccc2c1CCO2. The van der Waals surface area contributed by atoms with E-state index in [1.165, 1.54) is 16.7 Å².